The van der Waals surface area contributed by atoms with E-state index in [0.717, 1.165) is 38.3 Å². The summed E-state index contributed by atoms with van der Waals surface area (Å²) in [6, 6.07) is 36.5. The van der Waals surface area contributed by atoms with Gasteiger partial charge in [0.1, 0.15) is 17.3 Å². The highest BCUT2D eigenvalue weighted by Crippen LogP contribution is 2.31. The summed E-state index contributed by atoms with van der Waals surface area (Å²) >= 11 is 10.1. The Morgan fingerprint density at radius 1 is 0.833 bits per heavy atom. The molecule has 208 valence electrons. The number of nitrogens with zero attached hydrogens (tertiary/aromatic N) is 2. The van der Waals surface area contributed by atoms with Crippen molar-refractivity contribution in [3.05, 3.63) is 148 Å². The highest BCUT2D eigenvalue weighted by Gasteiger charge is 2.14. The topological polar surface area (TPSA) is 67.7 Å². The van der Waals surface area contributed by atoms with E-state index < -0.39 is 0 Å². The normalized spacial score (nSPS) is 10.9. The van der Waals surface area contributed by atoms with Gasteiger partial charge in [-0.15, -0.1) is 0 Å². The van der Waals surface area contributed by atoms with Crippen LogP contribution in [0.5, 0.6) is 11.5 Å². The molecule has 6 aromatic rings. The summed E-state index contributed by atoms with van der Waals surface area (Å²) in [7, 11) is 0. The number of ether oxygens (including phenoxy) is 1. The zero-order chi connectivity index (χ0) is 28.9. The standard InChI is InChI=1S/C34H26BrClN4O2/c35-28-18-19-40-32(20-30(39-33(28)40)26-10-4-6-12-29(26)36)37-21-23-14-16-24(17-15-23)22-38-34(41)27-11-5-7-13-31(27)42-25-8-2-1-3-9-25/h1-20,37H,21-22H2,(H,38,41). The third kappa shape index (κ3) is 6.17. The highest BCUT2D eigenvalue weighted by atomic mass is 79.9. The molecule has 0 unspecified atom stereocenters. The second kappa shape index (κ2) is 12.5. The van der Waals surface area contributed by atoms with E-state index >= 15 is 0 Å². The van der Waals surface area contributed by atoms with Gasteiger partial charge >= 0.3 is 0 Å². The van der Waals surface area contributed by atoms with Crippen molar-refractivity contribution in [1.82, 2.24) is 14.7 Å². The van der Waals surface area contributed by atoms with E-state index in [1.54, 1.807) is 12.1 Å². The lowest BCUT2D eigenvalue weighted by atomic mass is 10.1. The molecule has 2 N–H and O–H groups in total. The van der Waals surface area contributed by atoms with Crippen LogP contribution in [0.3, 0.4) is 0 Å². The van der Waals surface area contributed by atoms with Crippen LogP contribution in [0.2, 0.25) is 5.02 Å². The van der Waals surface area contributed by atoms with Crippen LogP contribution < -0.4 is 15.4 Å². The monoisotopic (exact) mass is 636 g/mol. The van der Waals surface area contributed by atoms with E-state index in [0.29, 0.717) is 35.2 Å². The number of halogens is 2. The molecule has 4 aromatic carbocycles. The smallest absolute Gasteiger partial charge is 0.255 e. The number of para-hydroxylation sites is 2. The molecule has 0 saturated carbocycles. The van der Waals surface area contributed by atoms with Crippen molar-refractivity contribution in [3.8, 4) is 22.8 Å². The molecule has 0 saturated heterocycles. The maximum absolute atomic E-state index is 13.0. The molecule has 0 aliphatic heterocycles. The van der Waals surface area contributed by atoms with Gasteiger partial charge in [0, 0.05) is 35.9 Å². The number of benzene rings is 4. The molecule has 2 aromatic heterocycles. The van der Waals surface area contributed by atoms with E-state index in [2.05, 4.69) is 38.7 Å². The van der Waals surface area contributed by atoms with Crippen LogP contribution in [0.1, 0.15) is 21.5 Å². The fraction of sp³-hybridized carbons (Fsp3) is 0.0588. The maximum Gasteiger partial charge on any atom is 0.255 e. The van der Waals surface area contributed by atoms with Gasteiger partial charge < -0.3 is 15.4 Å². The molecule has 6 nitrogen and oxygen atoms in total. The van der Waals surface area contributed by atoms with E-state index in [9.17, 15) is 4.79 Å². The van der Waals surface area contributed by atoms with Gasteiger partial charge in [-0.2, -0.15) is 0 Å². The van der Waals surface area contributed by atoms with Crippen molar-refractivity contribution >= 4 is 44.9 Å². The van der Waals surface area contributed by atoms with Crippen molar-refractivity contribution < 1.29 is 9.53 Å². The lowest BCUT2D eigenvalue weighted by Crippen LogP contribution is -2.23. The Balaban J connectivity index is 1.12. The fourth-order valence-electron chi connectivity index (χ4n) is 4.59. The van der Waals surface area contributed by atoms with Gasteiger partial charge in [-0.3, -0.25) is 9.20 Å². The molecule has 1 amide bonds. The molecule has 2 heterocycles. The van der Waals surface area contributed by atoms with Crippen LogP contribution >= 0.6 is 27.5 Å². The average Bonchev–Trinajstić information content (AvgIpc) is 3.40. The molecular formula is C34H26BrClN4O2. The first-order chi connectivity index (χ1) is 20.5. The summed E-state index contributed by atoms with van der Waals surface area (Å²) in [6.07, 6.45) is 1.97. The molecule has 0 fully saturated rings. The Morgan fingerprint density at radius 2 is 1.52 bits per heavy atom. The van der Waals surface area contributed by atoms with Crippen molar-refractivity contribution in [2.24, 2.45) is 0 Å². The third-order valence-corrected chi connectivity index (χ3v) is 7.72. The van der Waals surface area contributed by atoms with E-state index in [1.165, 1.54) is 0 Å². The quantitative estimate of drug-likeness (QED) is 0.166. The number of aromatic nitrogens is 2. The number of anilines is 1. The Labute approximate surface area is 257 Å². The average molecular weight is 638 g/mol. The van der Waals surface area contributed by atoms with Gasteiger partial charge in [0.25, 0.3) is 5.91 Å². The molecule has 42 heavy (non-hydrogen) atoms. The second-order valence-corrected chi connectivity index (χ2v) is 10.9. The minimum Gasteiger partial charge on any atom is -0.457 e. The van der Waals surface area contributed by atoms with Gasteiger partial charge in [-0.25, -0.2) is 4.98 Å². The van der Waals surface area contributed by atoms with Crippen LogP contribution in [-0.2, 0) is 13.1 Å². The molecule has 0 radical (unpaired) electrons. The zero-order valence-electron chi connectivity index (χ0n) is 22.4. The Morgan fingerprint density at radius 3 is 2.31 bits per heavy atom. The number of fused-ring (bicyclic) bond motifs is 1. The van der Waals surface area contributed by atoms with Gasteiger partial charge in [0.05, 0.1) is 15.7 Å². The predicted molar refractivity (Wildman–Crippen MR) is 171 cm³/mol. The molecule has 0 aliphatic rings. The molecule has 0 spiro atoms. The summed E-state index contributed by atoms with van der Waals surface area (Å²) in [5.41, 5.74) is 5.04. The van der Waals surface area contributed by atoms with Crippen LogP contribution in [0.4, 0.5) is 5.82 Å². The zero-order valence-corrected chi connectivity index (χ0v) is 24.8. The van der Waals surface area contributed by atoms with E-state index in [1.807, 2.05) is 102 Å². The summed E-state index contributed by atoms with van der Waals surface area (Å²) in [6.45, 7) is 1.00. The lowest BCUT2D eigenvalue weighted by molar-refractivity contribution is 0.0948. The first-order valence-electron chi connectivity index (χ1n) is 13.4. The number of amides is 1. The number of hydrogen-bond donors (Lipinski definition) is 2. The lowest BCUT2D eigenvalue weighted by Gasteiger charge is -2.13. The van der Waals surface area contributed by atoms with Gasteiger partial charge in [-0.05, 0) is 63.5 Å². The van der Waals surface area contributed by atoms with Gasteiger partial charge in [0.15, 0.2) is 5.65 Å². The summed E-state index contributed by atoms with van der Waals surface area (Å²) < 4.78 is 8.86. The van der Waals surface area contributed by atoms with Crippen molar-refractivity contribution in [2.45, 2.75) is 13.1 Å². The van der Waals surface area contributed by atoms with Gasteiger partial charge in [0.2, 0.25) is 0 Å². The largest absolute Gasteiger partial charge is 0.457 e. The summed E-state index contributed by atoms with van der Waals surface area (Å²) in [5.74, 6) is 1.90. The minimum atomic E-state index is -0.193. The van der Waals surface area contributed by atoms with Crippen LogP contribution in [0.25, 0.3) is 16.9 Å². The number of carbonyl (C=O) groups is 1. The van der Waals surface area contributed by atoms with Crippen LogP contribution in [0.15, 0.2) is 126 Å². The third-order valence-electron chi connectivity index (χ3n) is 6.77. The Kier molecular flexibility index (Phi) is 8.21. The summed E-state index contributed by atoms with van der Waals surface area (Å²) in [4.78, 5) is 17.8. The van der Waals surface area contributed by atoms with Crippen molar-refractivity contribution in [3.63, 3.8) is 0 Å². The highest BCUT2D eigenvalue weighted by molar-refractivity contribution is 9.10. The molecule has 0 bridgehead atoms. The minimum absolute atomic E-state index is 0.193. The number of nitrogens with one attached hydrogen (secondary N) is 2. The number of rotatable bonds is 9. The molecule has 0 aliphatic carbocycles. The molecule has 6 rings (SSSR count). The van der Waals surface area contributed by atoms with Crippen LogP contribution in [-0.4, -0.2) is 15.3 Å². The maximum atomic E-state index is 13.0. The first kappa shape index (κ1) is 27.6. The molecular weight excluding hydrogens is 612 g/mol. The van der Waals surface area contributed by atoms with Gasteiger partial charge in [-0.1, -0.05) is 84.4 Å². The SMILES string of the molecule is O=C(NCc1ccc(CNc2cc(-c3ccccc3Cl)nc3c(Br)ccn23)cc1)c1ccccc1Oc1ccccc1. The second-order valence-electron chi connectivity index (χ2n) is 9.63. The van der Waals surface area contributed by atoms with Crippen LogP contribution in [0, 0.1) is 0 Å². The predicted octanol–water partition coefficient (Wildman–Crippen LogP) is 8.75. The fourth-order valence-corrected chi connectivity index (χ4v) is 5.22. The Hall–Kier alpha value is -4.59. The van der Waals surface area contributed by atoms with E-state index in [4.69, 9.17) is 21.3 Å². The molecule has 0 atom stereocenters. The number of hydrogen-bond acceptors (Lipinski definition) is 4. The molecule has 8 heteroatoms. The van der Waals surface area contributed by atoms with Crippen molar-refractivity contribution in [1.29, 1.82) is 0 Å². The van der Waals surface area contributed by atoms with E-state index in [-0.39, 0.29) is 5.91 Å². The number of carbonyl (C=O) groups excluding carboxylic acids is 1. The Bertz CT molecular complexity index is 1860. The van der Waals surface area contributed by atoms with Crippen molar-refractivity contribution in [2.75, 3.05) is 5.32 Å². The summed E-state index contributed by atoms with van der Waals surface area (Å²) in [5, 5.41) is 7.20. The first-order valence-corrected chi connectivity index (χ1v) is 14.6.